The van der Waals surface area contributed by atoms with Gasteiger partial charge in [0.15, 0.2) is 0 Å². The van der Waals surface area contributed by atoms with Crippen LogP contribution < -0.4 is 5.73 Å². The maximum absolute atomic E-state index is 6.08. The predicted octanol–water partition coefficient (Wildman–Crippen LogP) is 2.48. The molecule has 2 N–H and O–H groups in total. The SMILES string of the molecule is CCN(CC)CC[C@@H](N)c1cccs1. The first-order valence-electron chi connectivity index (χ1n) is 5.29. The minimum atomic E-state index is 0.218. The lowest BCUT2D eigenvalue weighted by Crippen LogP contribution is -2.26. The van der Waals surface area contributed by atoms with Crippen LogP contribution in [-0.2, 0) is 0 Å². The van der Waals surface area contributed by atoms with Gasteiger partial charge in [-0.25, -0.2) is 0 Å². The van der Waals surface area contributed by atoms with Gasteiger partial charge in [-0.2, -0.15) is 0 Å². The number of hydrogen-bond acceptors (Lipinski definition) is 3. The third-order valence-corrected chi connectivity index (χ3v) is 3.56. The molecule has 0 saturated heterocycles. The molecule has 0 aliphatic heterocycles. The lowest BCUT2D eigenvalue weighted by molar-refractivity contribution is 0.291. The van der Waals surface area contributed by atoms with E-state index in [0.29, 0.717) is 0 Å². The van der Waals surface area contributed by atoms with Gasteiger partial charge < -0.3 is 10.6 Å². The average molecular weight is 212 g/mol. The summed E-state index contributed by atoms with van der Waals surface area (Å²) >= 11 is 1.75. The molecule has 3 heteroatoms. The van der Waals surface area contributed by atoms with Gasteiger partial charge in [0.25, 0.3) is 0 Å². The minimum Gasteiger partial charge on any atom is -0.323 e. The van der Waals surface area contributed by atoms with Crippen molar-refractivity contribution >= 4 is 11.3 Å². The smallest absolute Gasteiger partial charge is 0.0401 e. The average Bonchev–Trinajstić information content (AvgIpc) is 2.72. The van der Waals surface area contributed by atoms with Gasteiger partial charge in [-0.1, -0.05) is 19.9 Å². The molecule has 0 aromatic carbocycles. The van der Waals surface area contributed by atoms with E-state index in [1.807, 2.05) is 0 Å². The van der Waals surface area contributed by atoms with Crippen LogP contribution in [0.25, 0.3) is 0 Å². The van der Waals surface area contributed by atoms with Crippen molar-refractivity contribution in [2.45, 2.75) is 26.3 Å². The van der Waals surface area contributed by atoms with E-state index < -0.39 is 0 Å². The summed E-state index contributed by atoms with van der Waals surface area (Å²) in [6, 6.07) is 4.41. The number of nitrogens with two attached hydrogens (primary N) is 1. The second-order valence-electron chi connectivity index (χ2n) is 3.44. The molecule has 14 heavy (non-hydrogen) atoms. The van der Waals surface area contributed by atoms with Crippen LogP contribution >= 0.6 is 11.3 Å². The number of nitrogens with zero attached hydrogens (tertiary/aromatic N) is 1. The minimum absolute atomic E-state index is 0.218. The third-order valence-electron chi connectivity index (χ3n) is 2.56. The third kappa shape index (κ3) is 3.40. The van der Waals surface area contributed by atoms with Crippen LogP contribution in [0.4, 0.5) is 0 Å². The fraction of sp³-hybridized carbons (Fsp3) is 0.636. The van der Waals surface area contributed by atoms with Crippen LogP contribution in [0, 0.1) is 0 Å². The van der Waals surface area contributed by atoms with E-state index >= 15 is 0 Å². The highest BCUT2D eigenvalue weighted by molar-refractivity contribution is 7.10. The summed E-state index contributed by atoms with van der Waals surface area (Å²) in [6.07, 6.45) is 1.06. The van der Waals surface area contributed by atoms with Gasteiger partial charge in [0.05, 0.1) is 0 Å². The molecule has 0 radical (unpaired) electrons. The molecule has 0 amide bonds. The van der Waals surface area contributed by atoms with Crippen LogP contribution in [0.2, 0.25) is 0 Å². The van der Waals surface area contributed by atoms with E-state index in [1.54, 1.807) is 11.3 Å². The summed E-state index contributed by atoms with van der Waals surface area (Å²) in [7, 11) is 0. The molecule has 0 spiro atoms. The summed E-state index contributed by atoms with van der Waals surface area (Å²) in [5, 5.41) is 2.09. The Hall–Kier alpha value is -0.380. The van der Waals surface area contributed by atoms with Crippen LogP contribution in [-0.4, -0.2) is 24.5 Å². The molecular formula is C11H20N2S. The standard InChI is InChI=1S/C11H20N2S/c1-3-13(4-2)8-7-10(12)11-6-5-9-14-11/h5-6,9-10H,3-4,7-8,12H2,1-2H3/t10-/m1/s1. The molecule has 1 rings (SSSR count). The van der Waals surface area contributed by atoms with E-state index in [-0.39, 0.29) is 6.04 Å². The molecule has 0 aliphatic carbocycles. The molecule has 1 aromatic heterocycles. The number of rotatable bonds is 6. The maximum atomic E-state index is 6.08. The summed E-state index contributed by atoms with van der Waals surface area (Å²) in [4.78, 5) is 3.71. The monoisotopic (exact) mass is 212 g/mol. The van der Waals surface area contributed by atoms with Crippen molar-refractivity contribution in [2.24, 2.45) is 5.73 Å². The molecule has 0 aliphatic rings. The van der Waals surface area contributed by atoms with E-state index in [9.17, 15) is 0 Å². The zero-order valence-corrected chi connectivity index (χ0v) is 9.89. The Morgan fingerprint density at radius 1 is 1.43 bits per heavy atom. The highest BCUT2D eigenvalue weighted by Gasteiger charge is 2.08. The van der Waals surface area contributed by atoms with Crippen molar-refractivity contribution in [3.8, 4) is 0 Å². The number of hydrogen-bond donors (Lipinski definition) is 1. The summed E-state index contributed by atoms with van der Waals surface area (Å²) in [5.41, 5.74) is 6.08. The fourth-order valence-electron chi connectivity index (χ4n) is 1.51. The Kier molecular flexibility index (Phi) is 5.15. The molecule has 1 aromatic rings. The Balaban J connectivity index is 2.31. The Morgan fingerprint density at radius 3 is 2.64 bits per heavy atom. The molecule has 80 valence electrons. The molecule has 0 unspecified atom stereocenters. The first kappa shape index (κ1) is 11.7. The Bertz CT molecular complexity index is 229. The Morgan fingerprint density at radius 2 is 2.14 bits per heavy atom. The first-order chi connectivity index (χ1) is 6.77. The van der Waals surface area contributed by atoms with E-state index in [1.165, 1.54) is 4.88 Å². The zero-order valence-electron chi connectivity index (χ0n) is 9.07. The molecule has 0 saturated carbocycles. The van der Waals surface area contributed by atoms with Crippen LogP contribution in [0.15, 0.2) is 17.5 Å². The molecule has 1 heterocycles. The molecule has 1 atom stereocenters. The number of thiophene rings is 1. The second kappa shape index (κ2) is 6.17. The molecule has 2 nitrogen and oxygen atoms in total. The van der Waals surface area contributed by atoms with Crippen LogP contribution in [0.3, 0.4) is 0 Å². The van der Waals surface area contributed by atoms with E-state index in [2.05, 4.69) is 36.3 Å². The van der Waals surface area contributed by atoms with Crippen molar-refractivity contribution in [1.82, 2.24) is 4.90 Å². The molecular weight excluding hydrogens is 192 g/mol. The maximum Gasteiger partial charge on any atom is 0.0401 e. The summed E-state index contributed by atoms with van der Waals surface area (Å²) < 4.78 is 0. The van der Waals surface area contributed by atoms with E-state index in [4.69, 9.17) is 5.73 Å². The van der Waals surface area contributed by atoms with Crippen LogP contribution in [0.5, 0.6) is 0 Å². The van der Waals surface area contributed by atoms with Crippen molar-refractivity contribution in [3.05, 3.63) is 22.4 Å². The summed E-state index contributed by atoms with van der Waals surface area (Å²) in [6.45, 7) is 7.73. The van der Waals surface area contributed by atoms with Gasteiger partial charge in [0.2, 0.25) is 0 Å². The van der Waals surface area contributed by atoms with Gasteiger partial charge in [0.1, 0.15) is 0 Å². The fourth-order valence-corrected chi connectivity index (χ4v) is 2.27. The highest BCUT2D eigenvalue weighted by Crippen LogP contribution is 2.19. The largest absolute Gasteiger partial charge is 0.323 e. The lowest BCUT2D eigenvalue weighted by Gasteiger charge is -2.19. The first-order valence-corrected chi connectivity index (χ1v) is 6.17. The lowest BCUT2D eigenvalue weighted by atomic mass is 10.2. The van der Waals surface area contributed by atoms with Crippen molar-refractivity contribution in [2.75, 3.05) is 19.6 Å². The van der Waals surface area contributed by atoms with Crippen molar-refractivity contribution in [3.63, 3.8) is 0 Å². The molecule has 0 bridgehead atoms. The highest BCUT2D eigenvalue weighted by atomic mass is 32.1. The van der Waals surface area contributed by atoms with Crippen LogP contribution in [0.1, 0.15) is 31.2 Å². The predicted molar refractivity (Wildman–Crippen MR) is 63.7 cm³/mol. The second-order valence-corrected chi connectivity index (χ2v) is 4.42. The van der Waals surface area contributed by atoms with Gasteiger partial charge in [-0.15, -0.1) is 11.3 Å². The van der Waals surface area contributed by atoms with Gasteiger partial charge in [-0.05, 0) is 37.5 Å². The normalized spacial score (nSPS) is 13.4. The molecule has 0 fully saturated rings. The van der Waals surface area contributed by atoms with Crippen molar-refractivity contribution in [1.29, 1.82) is 0 Å². The van der Waals surface area contributed by atoms with E-state index in [0.717, 1.165) is 26.1 Å². The van der Waals surface area contributed by atoms with Gasteiger partial charge in [0, 0.05) is 10.9 Å². The Labute approximate surface area is 90.7 Å². The van der Waals surface area contributed by atoms with Gasteiger partial charge >= 0.3 is 0 Å². The van der Waals surface area contributed by atoms with Gasteiger partial charge in [-0.3, -0.25) is 0 Å². The zero-order chi connectivity index (χ0) is 10.4. The topological polar surface area (TPSA) is 29.3 Å². The summed E-state index contributed by atoms with van der Waals surface area (Å²) in [5.74, 6) is 0. The van der Waals surface area contributed by atoms with Crippen molar-refractivity contribution < 1.29 is 0 Å². The quantitative estimate of drug-likeness (QED) is 0.785.